The predicted molar refractivity (Wildman–Crippen MR) is 88.3 cm³/mol. The van der Waals surface area contributed by atoms with Crippen LogP contribution in [-0.4, -0.2) is 32.5 Å². The van der Waals surface area contributed by atoms with Crippen LogP contribution in [0.25, 0.3) is 5.69 Å². The van der Waals surface area contributed by atoms with Gasteiger partial charge in [-0.2, -0.15) is 5.10 Å². The van der Waals surface area contributed by atoms with Crippen LogP contribution >= 0.6 is 0 Å². The van der Waals surface area contributed by atoms with Crippen LogP contribution in [0.15, 0.2) is 30.3 Å². The van der Waals surface area contributed by atoms with Crippen LogP contribution in [0.3, 0.4) is 0 Å². The number of aryl methyl sites for hydroxylation is 1. The first kappa shape index (κ1) is 15.9. The summed E-state index contributed by atoms with van der Waals surface area (Å²) in [6.45, 7) is 5.84. The summed E-state index contributed by atoms with van der Waals surface area (Å²) in [5.74, 6) is 0.758. The van der Waals surface area contributed by atoms with Crippen molar-refractivity contribution in [2.75, 3.05) is 18.6 Å². The van der Waals surface area contributed by atoms with E-state index in [1.807, 2.05) is 29.8 Å². The van der Waals surface area contributed by atoms with Gasteiger partial charge in [0.15, 0.2) is 0 Å². The van der Waals surface area contributed by atoms with Crippen LogP contribution in [0, 0.1) is 13.8 Å². The summed E-state index contributed by atoms with van der Waals surface area (Å²) in [5.41, 5.74) is 4.57. The quantitative estimate of drug-likeness (QED) is 0.799. The largest absolute Gasteiger partial charge is 0.313 e. The van der Waals surface area contributed by atoms with Crippen LogP contribution in [0.4, 0.5) is 0 Å². The summed E-state index contributed by atoms with van der Waals surface area (Å²) in [5, 5.41) is 8.05. The second kappa shape index (κ2) is 7.52. The number of nitrogens with one attached hydrogen (secondary N) is 1. The highest BCUT2D eigenvalue weighted by molar-refractivity contribution is 7.84. The van der Waals surface area contributed by atoms with Crippen molar-refractivity contribution in [2.45, 2.75) is 26.8 Å². The molecule has 0 amide bonds. The average Bonchev–Trinajstić information content (AvgIpc) is 2.75. The van der Waals surface area contributed by atoms with E-state index in [0.717, 1.165) is 36.6 Å². The maximum atomic E-state index is 11.0. The minimum Gasteiger partial charge on any atom is -0.313 e. The van der Waals surface area contributed by atoms with Crippen molar-refractivity contribution in [1.29, 1.82) is 0 Å². The summed E-state index contributed by atoms with van der Waals surface area (Å²) in [6, 6.07) is 10.2. The Balaban J connectivity index is 2.01. The SMILES string of the molecule is Cc1nn(-c2ccccc2)c(C)c1CNCCCS(C)=O. The summed E-state index contributed by atoms with van der Waals surface area (Å²) in [6.07, 6.45) is 2.69. The van der Waals surface area contributed by atoms with E-state index in [4.69, 9.17) is 0 Å². The van der Waals surface area contributed by atoms with Crippen LogP contribution in [0.2, 0.25) is 0 Å². The first-order chi connectivity index (χ1) is 10.1. The van der Waals surface area contributed by atoms with Gasteiger partial charge in [-0.15, -0.1) is 0 Å². The molecule has 1 atom stereocenters. The third-order valence-corrected chi connectivity index (χ3v) is 4.39. The molecule has 0 saturated heterocycles. The number of hydrogen-bond acceptors (Lipinski definition) is 3. The zero-order valence-corrected chi connectivity index (χ0v) is 13.7. The number of para-hydroxylation sites is 1. The maximum absolute atomic E-state index is 11.0. The van der Waals surface area contributed by atoms with Crippen LogP contribution in [0.5, 0.6) is 0 Å². The van der Waals surface area contributed by atoms with E-state index < -0.39 is 10.8 Å². The molecule has 0 aliphatic rings. The van der Waals surface area contributed by atoms with E-state index in [1.54, 1.807) is 6.26 Å². The molecule has 0 aliphatic heterocycles. The summed E-state index contributed by atoms with van der Waals surface area (Å²) in [7, 11) is -0.700. The lowest BCUT2D eigenvalue weighted by Crippen LogP contribution is -2.17. The van der Waals surface area contributed by atoms with Gasteiger partial charge in [0.1, 0.15) is 0 Å². The molecule has 0 aliphatic carbocycles. The second-order valence-corrected chi connectivity index (χ2v) is 6.76. The third kappa shape index (κ3) is 4.25. The highest BCUT2D eigenvalue weighted by Gasteiger charge is 2.11. The molecule has 0 fully saturated rings. The number of aromatic nitrogens is 2. The summed E-state index contributed by atoms with van der Waals surface area (Å²) < 4.78 is 13.0. The number of hydrogen-bond donors (Lipinski definition) is 1. The zero-order valence-electron chi connectivity index (χ0n) is 12.9. The molecule has 0 saturated carbocycles. The van der Waals surface area contributed by atoms with E-state index in [1.165, 1.54) is 11.3 Å². The van der Waals surface area contributed by atoms with Gasteiger partial charge in [0.2, 0.25) is 0 Å². The molecule has 1 heterocycles. The molecular weight excluding hydrogens is 282 g/mol. The minimum atomic E-state index is -0.700. The molecule has 1 aromatic heterocycles. The monoisotopic (exact) mass is 305 g/mol. The molecule has 4 nitrogen and oxygen atoms in total. The Morgan fingerprint density at radius 1 is 1.24 bits per heavy atom. The Bertz CT molecular complexity index is 607. The van der Waals surface area contributed by atoms with Crippen LogP contribution in [-0.2, 0) is 17.3 Å². The van der Waals surface area contributed by atoms with Gasteiger partial charge in [-0.05, 0) is 38.9 Å². The molecule has 1 aromatic carbocycles. The van der Waals surface area contributed by atoms with Crippen molar-refractivity contribution in [3.63, 3.8) is 0 Å². The Hall–Kier alpha value is -1.46. The van der Waals surface area contributed by atoms with Gasteiger partial charge in [0, 0.05) is 40.6 Å². The summed E-state index contributed by atoms with van der Waals surface area (Å²) >= 11 is 0. The molecule has 1 unspecified atom stereocenters. The van der Waals surface area contributed by atoms with Crippen molar-refractivity contribution in [3.05, 3.63) is 47.3 Å². The highest BCUT2D eigenvalue weighted by atomic mass is 32.2. The molecule has 2 aromatic rings. The van der Waals surface area contributed by atoms with Crippen molar-refractivity contribution in [3.8, 4) is 5.69 Å². The Morgan fingerprint density at radius 3 is 2.62 bits per heavy atom. The lowest BCUT2D eigenvalue weighted by Gasteiger charge is -2.06. The van der Waals surface area contributed by atoms with Gasteiger partial charge in [0.05, 0.1) is 11.4 Å². The van der Waals surface area contributed by atoms with Gasteiger partial charge in [-0.1, -0.05) is 18.2 Å². The molecule has 21 heavy (non-hydrogen) atoms. The Labute approximate surface area is 129 Å². The topological polar surface area (TPSA) is 46.9 Å². The lowest BCUT2D eigenvalue weighted by molar-refractivity contribution is 0.659. The van der Waals surface area contributed by atoms with E-state index in [2.05, 4.69) is 29.5 Å². The van der Waals surface area contributed by atoms with E-state index >= 15 is 0 Å². The fraction of sp³-hybridized carbons (Fsp3) is 0.438. The van der Waals surface area contributed by atoms with Crippen molar-refractivity contribution in [2.24, 2.45) is 0 Å². The van der Waals surface area contributed by atoms with Crippen molar-refractivity contribution < 1.29 is 4.21 Å². The zero-order chi connectivity index (χ0) is 15.2. The standard InChI is InChI=1S/C16H23N3OS/c1-13-16(12-17-10-7-11-21(3)20)14(2)19(18-13)15-8-5-4-6-9-15/h4-6,8-9,17H,7,10-12H2,1-3H3. The van der Waals surface area contributed by atoms with Gasteiger partial charge >= 0.3 is 0 Å². The minimum absolute atomic E-state index is 0.700. The fourth-order valence-electron chi connectivity index (χ4n) is 2.37. The first-order valence-corrected chi connectivity index (χ1v) is 8.93. The predicted octanol–water partition coefficient (Wildman–Crippen LogP) is 2.35. The average molecular weight is 305 g/mol. The number of rotatable bonds is 7. The normalized spacial score (nSPS) is 12.5. The van der Waals surface area contributed by atoms with Crippen molar-refractivity contribution >= 4 is 10.8 Å². The third-order valence-electron chi connectivity index (χ3n) is 3.53. The van der Waals surface area contributed by atoms with Gasteiger partial charge in [0.25, 0.3) is 0 Å². The molecule has 114 valence electrons. The van der Waals surface area contributed by atoms with Gasteiger partial charge in [-0.3, -0.25) is 4.21 Å². The van der Waals surface area contributed by atoms with E-state index in [0.29, 0.717) is 0 Å². The number of benzene rings is 1. The lowest BCUT2D eigenvalue weighted by atomic mass is 10.2. The van der Waals surface area contributed by atoms with Gasteiger partial charge in [-0.25, -0.2) is 4.68 Å². The smallest absolute Gasteiger partial charge is 0.0648 e. The van der Waals surface area contributed by atoms with Gasteiger partial charge < -0.3 is 5.32 Å². The number of nitrogens with zero attached hydrogens (tertiary/aromatic N) is 2. The van der Waals surface area contributed by atoms with E-state index in [9.17, 15) is 4.21 Å². The molecule has 0 spiro atoms. The first-order valence-electron chi connectivity index (χ1n) is 7.21. The van der Waals surface area contributed by atoms with Crippen LogP contribution < -0.4 is 5.32 Å². The second-order valence-electron chi connectivity index (χ2n) is 5.20. The molecular formula is C16H23N3OS. The molecule has 0 radical (unpaired) electrons. The fourth-order valence-corrected chi connectivity index (χ4v) is 2.92. The van der Waals surface area contributed by atoms with Crippen molar-refractivity contribution in [1.82, 2.24) is 15.1 Å². The Morgan fingerprint density at radius 2 is 1.95 bits per heavy atom. The maximum Gasteiger partial charge on any atom is 0.0648 e. The molecule has 5 heteroatoms. The summed E-state index contributed by atoms with van der Waals surface area (Å²) in [4.78, 5) is 0. The van der Waals surface area contributed by atoms with Crippen LogP contribution in [0.1, 0.15) is 23.4 Å². The van der Waals surface area contributed by atoms with E-state index in [-0.39, 0.29) is 0 Å². The molecule has 2 rings (SSSR count). The molecule has 0 bridgehead atoms. The highest BCUT2D eigenvalue weighted by Crippen LogP contribution is 2.17. The Kier molecular flexibility index (Phi) is 5.70. The molecule has 1 N–H and O–H groups in total.